The summed E-state index contributed by atoms with van der Waals surface area (Å²) >= 11 is 0. The summed E-state index contributed by atoms with van der Waals surface area (Å²) in [6.07, 6.45) is 3.65. The van der Waals surface area contributed by atoms with Crippen LogP contribution in [0.5, 0.6) is 0 Å². The molecule has 0 fully saturated rings. The number of fused-ring (bicyclic) bond motifs is 1. The smallest absolute Gasteiger partial charge is 0.526 e. The van der Waals surface area contributed by atoms with Crippen molar-refractivity contribution in [2.75, 3.05) is 16.8 Å². The Kier molecular flexibility index (Phi) is 7.71. The van der Waals surface area contributed by atoms with Gasteiger partial charge in [0.05, 0.1) is 0 Å². The van der Waals surface area contributed by atoms with Crippen LogP contribution in [0.1, 0.15) is 5.56 Å². The van der Waals surface area contributed by atoms with Gasteiger partial charge in [0.25, 0.3) is 0 Å². The van der Waals surface area contributed by atoms with E-state index in [2.05, 4.69) is 108 Å². The maximum atomic E-state index is 4.22. The molecule has 0 radical (unpaired) electrons. The van der Waals surface area contributed by atoms with Gasteiger partial charge in [0.1, 0.15) is 0 Å². The van der Waals surface area contributed by atoms with Crippen molar-refractivity contribution < 1.29 is 20.1 Å². The van der Waals surface area contributed by atoms with E-state index in [0.29, 0.717) is 0 Å². The van der Waals surface area contributed by atoms with Gasteiger partial charge in [-0.2, -0.15) is 54.6 Å². The van der Waals surface area contributed by atoms with Crippen molar-refractivity contribution >= 4 is 17.1 Å². The molecule has 0 unspecified atom stereocenters. The molecule has 4 aromatic carbocycles. The maximum Gasteiger partial charge on any atom is 3.00 e. The molecule has 2 heterocycles. The Morgan fingerprint density at radius 2 is 1.51 bits per heavy atom. The van der Waals surface area contributed by atoms with Gasteiger partial charge in [-0.05, 0) is 42.1 Å². The number of benzene rings is 4. The van der Waals surface area contributed by atoms with Gasteiger partial charge in [-0.3, -0.25) is 4.68 Å². The fourth-order valence-electron chi connectivity index (χ4n) is 3.99. The molecule has 1 aliphatic heterocycles. The summed E-state index contributed by atoms with van der Waals surface area (Å²) in [5.41, 5.74) is 7.91. The third-order valence-corrected chi connectivity index (χ3v) is 5.71. The van der Waals surface area contributed by atoms with Crippen molar-refractivity contribution in [3.8, 4) is 16.8 Å². The van der Waals surface area contributed by atoms with E-state index in [1.54, 1.807) is 10.9 Å². The third-order valence-electron chi connectivity index (χ3n) is 5.71. The average molecular weight is 634 g/mol. The van der Waals surface area contributed by atoms with Crippen LogP contribution in [0.25, 0.3) is 16.8 Å². The van der Waals surface area contributed by atoms with Gasteiger partial charge in [0, 0.05) is 23.8 Å². The zero-order chi connectivity index (χ0) is 23.3. The second-order valence-corrected chi connectivity index (χ2v) is 7.99. The van der Waals surface area contributed by atoms with Gasteiger partial charge in [-0.15, -0.1) is 12.1 Å². The molecule has 0 bridgehead atoms. The van der Waals surface area contributed by atoms with Crippen molar-refractivity contribution in [1.29, 1.82) is 0 Å². The number of anilines is 3. The predicted molar refractivity (Wildman–Crippen MR) is 140 cm³/mol. The van der Waals surface area contributed by atoms with E-state index in [-0.39, 0.29) is 20.1 Å². The first-order chi connectivity index (χ1) is 16.7. The van der Waals surface area contributed by atoms with E-state index in [1.807, 2.05) is 42.6 Å². The number of nitrogens with zero attached hydrogens (tertiary/aromatic N) is 4. The average Bonchev–Trinajstić information content (AvgIpc) is 3.55. The monoisotopic (exact) mass is 634 g/mol. The van der Waals surface area contributed by atoms with E-state index in [4.69, 9.17) is 0 Å². The van der Waals surface area contributed by atoms with Gasteiger partial charge in [-0.1, -0.05) is 54.2 Å². The van der Waals surface area contributed by atoms with E-state index >= 15 is 0 Å². The van der Waals surface area contributed by atoms with Crippen LogP contribution < -0.4 is 9.80 Å². The molecule has 5 heteroatoms. The fourth-order valence-corrected chi connectivity index (χ4v) is 3.99. The SMILES string of the molecule is [CH2-]c1ccc(-c2ccccc2)cc1N1[CH-]N(C)c2ccccc21.[Ir+3].[c-]1ccccc1-n1cccn1. The third kappa shape index (κ3) is 5.32. The molecule has 5 aromatic rings. The minimum absolute atomic E-state index is 0. The summed E-state index contributed by atoms with van der Waals surface area (Å²) in [6, 6.07) is 38.0. The second-order valence-electron chi connectivity index (χ2n) is 7.99. The summed E-state index contributed by atoms with van der Waals surface area (Å²) in [5, 5.41) is 4.07. The van der Waals surface area contributed by atoms with Crippen LogP contribution in [0, 0.1) is 19.7 Å². The molecular formula is C30H25IrN4. The quantitative estimate of drug-likeness (QED) is 0.202. The molecule has 0 saturated carbocycles. The molecule has 1 aliphatic rings. The van der Waals surface area contributed by atoms with Gasteiger partial charge < -0.3 is 9.80 Å². The van der Waals surface area contributed by atoms with Crippen LogP contribution >= 0.6 is 0 Å². The number of aromatic nitrogens is 2. The Hall–Kier alpha value is -3.79. The van der Waals surface area contributed by atoms with Gasteiger partial charge >= 0.3 is 20.1 Å². The molecule has 174 valence electrons. The first kappa shape index (κ1) is 24.3. The second kappa shape index (κ2) is 11.1. The summed E-state index contributed by atoms with van der Waals surface area (Å²) in [5.74, 6) is 0. The molecular weight excluding hydrogens is 609 g/mol. The van der Waals surface area contributed by atoms with Gasteiger partial charge in [-0.25, -0.2) is 0 Å². The molecule has 0 aliphatic carbocycles. The van der Waals surface area contributed by atoms with Crippen LogP contribution in [0.3, 0.4) is 0 Å². The van der Waals surface area contributed by atoms with Crippen molar-refractivity contribution in [3.63, 3.8) is 0 Å². The summed E-state index contributed by atoms with van der Waals surface area (Å²) < 4.78 is 1.78. The largest absolute Gasteiger partial charge is 3.00 e. The molecule has 0 saturated heterocycles. The van der Waals surface area contributed by atoms with Crippen molar-refractivity contribution in [1.82, 2.24) is 9.78 Å². The fraction of sp³-hybridized carbons (Fsp3) is 0.0333. The molecule has 0 N–H and O–H groups in total. The van der Waals surface area contributed by atoms with E-state index in [1.165, 1.54) is 22.5 Å². The predicted octanol–water partition coefficient (Wildman–Crippen LogP) is 6.91. The van der Waals surface area contributed by atoms with Crippen molar-refractivity contribution in [3.05, 3.63) is 141 Å². The standard InChI is InChI=1S/C21H18N2.C9H7N2.Ir/c1-16-12-13-18(17-8-4-3-5-9-17)14-21(16)23-15-22(2)19-10-6-7-11-20(19)23;1-2-5-9(6-3-1)11-8-4-7-10-11;/h3-15H,1H2,2H3;1-5,7-8H;/q-2;-1;+3. The Bertz CT molecular complexity index is 1350. The first-order valence-corrected chi connectivity index (χ1v) is 11.1. The summed E-state index contributed by atoms with van der Waals surface area (Å²) in [7, 11) is 2.07. The molecule has 0 atom stereocenters. The van der Waals surface area contributed by atoms with Crippen LogP contribution in [-0.4, -0.2) is 16.8 Å². The van der Waals surface area contributed by atoms with Crippen LogP contribution in [-0.2, 0) is 20.1 Å². The topological polar surface area (TPSA) is 24.3 Å². The molecule has 0 spiro atoms. The minimum atomic E-state index is 0. The normalized spacial score (nSPS) is 11.8. The summed E-state index contributed by atoms with van der Waals surface area (Å²) in [6.45, 7) is 6.33. The Morgan fingerprint density at radius 1 is 0.771 bits per heavy atom. The van der Waals surface area contributed by atoms with E-state index < -0.39 is 0 Å². The number of hydrogen-bond acceptors (Lipinski definition) is 3. The van der Waals surface area contributed by atoms with E-state index in [9.17, 15) is 0 Å². The molecule has 6 rings (SSSR count). The maximum absolute atomic E-state index is 4.22. The van der Waals surface area contributed by atoms with Crippen LogP contribution in [0.2, 0.25) is 0 Å². The zero-order valence-electron chi connectivity index (χ0n) is 19.4. The number of hydrogen-bond donors (Lipinski definition) is 0. The Balaban J connectivity index is 0.000000203. The number of rotatable bonds is 3. The molecule has 1 aromatic heterocycles. The van der Waals surface area contributed by atoms with E-state index in [0.717, 1.165) is 16.9 Å². The van der Waals surface area contributed by atoms with Crippen molar-refractivity contribution in [2.24, 2.45) is 0 Å². The summed E-state index contributed by atoms with van der Waals surface area (Å²) in [4.78, 5) is 4.36. The van der Waals surface area contributed by atoms with Gasteiger partial charge in [0.2, 0.25) is 0 Å². The molecule has 4 nitrogen and oxygen atoms in total. The Morgan fingerprint density at radius 3 is 2.23 bits per heavy atom. The van der Waals surface area contributed by atoms with Crippen LogP contribution in [0.15, 0.2) is 116 Å². The molecule has 0 amide bonds. The Labute approximate surface area is 220 Å². The number of para-hydroxylation sites is 3. The molecule has 35 heavy (non-hydrogen) atoms. The van der Waals surface area contributed by atoms with Gasteiger partial charge in [0.15, 0.2) is 0 Å². The van der Waals surface area contributed by atoms with Crippen LogP contribution in [0.4, 0.5) is 17.1 Å². The van der Waals surface area contributed by atoms with Crippen molar-refractivity contribution in [2.45, 2.75) is 0 Å². The first-order valence-electron chi connectivity index (χ1n) is 11.1. The minimum Gasteiger partial charge on any atom is -0.526 e. The zero-order valence-corrected chi connectivity index (χ0v) is 21.8.